The third-order valence-corrected chi connectivity index (χ3v) is 4.38. The van der Waals surface area contributed by atoms with Crippen LogP contribution in [-0.2, 0) is 0 Å². The lowest BCUT2D eigenvalue weighted by Gasteiger charge is -2.11. The molecule has 0 saturated carbocycles. The maximum absolute atomic E-state index is 8.65. The van der Waals surface area contributed by atoms with Gasteiger partial charge >= 0.3 is 0 Å². The first-order chi connectivity index (χ1) is 13.7. The van der Waals surface area contributed by atoms with Crippen molar-refractivity contribution >= 4 is 27.6 Å². The van der Waals surface area contributed by atoms with Gasteiger partial charge in [0.1, 0.15) is 11.2 Å². The average molecular weight is 330 g/mol. The summed E-state index contributed by atoms with van der Waals surface area (Å²) in [4.78, 5) is 7.95. The van der Waals surface area contributed by atoms with Crippen LogP contribution in [0.25, 0.3) is 38.0 Å². The molecule has 4 aromatic rings. The van der Waals surface area contributed by atoms with Crippen LogP contribution in [-0.4, -0.2) is 4.98 Å². The zero-order valence-electron chi connectivity index (χ0n) is 17.9. The second-order valence-electron chi connectivity index (χ2n) is 6.03. The van der Waals surface area contributed by atoms with E-state index in [2.05, 4.69) is 9.83 Å². The van der Waals surface area contributed by atoms with E-state index in [0.29, 0.717) is 16.5 Å². The van der Waals surface area contributed by atoms with Gasteiger partial charge < -0.3 is 4.42 Å². The molecule has 0 N–H and O–H groups in total. The quantitative estimate of drug-likeness (QED) is 0.386. The highest BCUT2D eigenvalue weighted by Gasteiger charge is 2.21. The van der Waals surface area contributed by atoms with Gasteiger partial charge in [-0.1, -0.05) is 38.0 Å². The van der Waals surface area contributed by atoms with Gasteiger partial charge in [-0.25, -0.2) is 4.85 Å². The van der Waals surface area contributed by atoms with Crippen molar-refractivity contribution in [2.24, 2.45) is 0 Å². The molecule has 2 aromatic carbocycles. The Labute approximate surface area is 152 Å². The van der Waals surface area contributed by atoms with Crippen molar-refractivity contribution in [2.75, 3.05) is 0 Å². The molecule has 0 radical (unpaired) electrons. The molecule has 4 rings (SSSR count). The summed E-state index contributed by atoms with van der Waals surface area (Å²) in [5.41, 5.74) is 3.21. The van der Waals surface area contributed by atoms with Crippen LogP contribution >= 0.6 is 0 Å². The molecule has 0 fully saturated rings. The number of para-hydroxylation sites is 1. The van der Waals surface area contributed by atoms with E-state index in [1.807, 2.05) is 42.5 Å². The first-order valence-corrected chi connectivity index (χ1v) is 7.95. The molecule has 3 heteroatoms. The van der Waals surface area contributed by atoms with Gasteiger partial charge in [-0.05, 0) is 36.6 Å². The number of rotatable bonds is 2. The third-order valence-electron chi connectivity index (χ3n) is 4.38. The number of fused-ring (bicyclic) bond motifs is 3. The number of hydrogen-bond donors (Lipinski definition) is 0. The summed E-state index contributed by atoms with van der Waals surface area (Å²) in [7, 11) is 0. The van der Waals surface area contributed by atoms with Crippen LogP contribution in [0.15, 0.2) is 53.1 Å². The largest absolute Gasteiger partial charge is 0.456 e. The topological polar surface area (TPSA) is 30.4 Å². The zero-order chi connectivity index (χ0) is 21.0. The summed E-state index contributed by atoms with van der Waals surface area (Å²) < 4.78 is 38.5. The van der Waals surface area contributed by atoms with Gasteiger partial charge in [-0.3, -0.25) is 4.98 Å². The van der Waals surface area contributed by atoms with E-state index < -0.39 is 12.7 Å². The van der Waals surface area contributed by atoms with Crippen LogP contribution in [0.1, 0.15) is 36.3 Å². The predicted molar refractivity (Wildman–Crippen MR) is 102 cm³/mol. The molecule has 122 valence electrons. The van der Waals surface area contributed by atoms with Gasteiger partial charge in [-0.2, -0.15) is 0 Å². The average Bonchev–Trinajstić information content (AvgIpc) is 3.04. The molecular weight excluding hydrogens is 308 g/mol. The summed E-state index contributed by atoms with van der Waals surface area (Å²) in [5.74, 6) is -2.00. The van der Waals surface area contributed by atoms with E-state index in [4.69, 9.17) is 16.5 Å². The minimum Gasteiger partial charge on any atom is -0.456 e. The lowest BCUT2D eigenvalue weighted by atomic mass is 9.95. The van der Waals surface area contributed by atoms with Crippen LogP contribution in [0.4, 0.5) is 5.69 Å². The predicted octanol–water partition coefficient (Wildman–Crippen LogP) is 6.63. The fraction of sp³-hybridized carbons (Fsp3) is 0.182. The zero-order valence-corrected chi connectivity index (χ0v) is 13.9. The van der Waals surface area contributed by atoms with Crippen LogP contribution in [0.2, 0.25) is 0 Å². The molecular formula is C22H18N2O. The smallest absolute Gasteiger partial charge is 0.197 e. The first kappa shape index (κ1) is 11.4. The van der Waals surface area contributed by atoms with Gasteiger partial charge in [0, 0.05) is 33.6 Å². The lowest BCUT2D eigenvalue weighted by Crippen LogP contribution is -1.90. The molecule has 0 spiro atoms. The van der Waals surface area contributed by atoms with Gasteiger partial charge in [-0.15, -0.1) is 0 Å². The summed E-state index contributed by atoms with van der Waals surface area (Å²) in [6.45, 7) is 8.05. The molecule has 0 saturated heterocycles. The normalized spacial score (nSPS) is 16.5. The fourth-order valence-corrected chi connectivity index (χ4v) is 3.27. The number of hydrogen-bond acceptors (Lipinski definition) is 2. The molecule has 0 aliphatic carbocycles. The van der Waals surface area contributed by atoms with Crippen molar-refractivity contribution < 1.29 is 9.90 Å². The molecule has 0 aliphatic rings. The molecule has 0 bridgehead atoms. The summed E-state index contributed by atoms with van der Waals surface area (Å²) >= 11 is 0. The summed E-state index contributed by atoms with van der Waals surface area (Å²) in [5, 5.41) is 1.49. The number of aryl methyl sites for hydroxylation is 1. The molecule has 3 nitrogen and oxygen atoms in total. The van der Waals surface area contributed by atoms with Crippen LogP contribution in [0, 0.1) is 13.5 Å². The van der Waals surface area contributed by atoms with Crippen LogP contribution in [0.5, 0.6) is 0 Å². The molecule has 1 atom stereocenters. The monoisotopic (exact) mass is 330 g/mol. The Balaban J connectivity index is 2.18. The van der Waals surface area contributed by atoms with E-state index in [1.54, 1.807) is 13.1 Å². The van der Waals surface area contributed by atoms with Gasteiger partial charge in [0.25, 0.3) is 0 Å². The van der Waals surface area contributed by atoms with Crippen molar-refractivity contribution in [2.45, 2.75) is 26.6 Å². The van der Waals surface area contributed by atoms with Crippen molar-refractivity contribution in [1.29, 1.82) is 0 Å². The molecule has 25 heavy (non-hydrogen) atoms. The van der Waals surface area contributed by atoms with Gasteiger partial charge in [0.2, 0.25) is 0 Å². The molecule has 0 aliphatic heterocycles. The fourth-order valence-electron chi connectivity index (χ4n) is 3.27. The second kappa shape index (κ2) is 5.75. The summed E-state index contributed by atoms with van der Waals surface area (Å²) in [6, 6.07) is 13.1. The summed E-state index contributed by atoms with van der Waals surface area (Å²) in [6.07, 6.45) is 1.69. The molecule has 2 heterocycles. The number of pyridine rings is 1. The maximum Gasteiger partial charge on any atom is 0.197 e. The minimum absolute atomic E-state index is 0.102. The van der Waals surface area contributed by atoms with Crippen LogP contribution < -0.4 is 0 Å². The Kier molecular flexibility index (Phi) is 2.63. The Hall–Kier alpha value is -3.12. The van der Waals surface area contributed by atoms with Gasteiger partial charge in [0.15, 0.2) is 5.69 Å². The van der Waals surface area contributed by atoms with Crippen molar-refractivity contribution in [1.82, 2.24) is 4.98 Å². The number of benzene rings is 2. The third kappa shape index (κ3) is 2.30. The number of aromatic nitrogens is 1. The highest BCUT2D eigenvalue weighted by Crippen LogP contribution is 2.43. The van der Waals surface area contributed by atoms with Gasteiger partial charge in [0.05, 0.1) is 12.3 Å². The Morgan fingerprint density at radius 3 is 2.80 bits per heavy atom. The highest BCUT2D eigenvalue weighted by molar-refractivity contribution is 6.11. The second-order valence-corrected chi connectivity index (χ2v) is 6.03. The van der Waals surface area contributed by atoms with E-state index in [1.165, 1.54) is 6.92 Å². The van der Waals surface area contributed by atoms with Crippen LogP contribution in [0.3, 0.4) is 0 Å². The highest BCUT2D eigenvalue weighted by atomic mass is 16.3. The Morgan fingerprint density at radius 2 is 2.08 bits per heavy atom. The SMILES string of the molecule is [2H]C([2H])([2H])C([2H])(C)c1c([N+]#[C-])c(C)cc2c1oc1c(-c3ccccn3)cccc12. The molecule has 1 unspecified atom stereocenters. The van der Waals surface area contributed by atoms with Crippen molar-refractivity contribution in [3.05, 3.63) is 71.2 Å². The molecule has 0 amide bonds. The standard InChI is InChI=1S/C22H18N2O/c1-13(2)19-20(23-4)14(3)12-17-15-8-7-9-16(21(15)25-22(17)19)18-10-5-6-11-24-18/h5-13H,1-3H3/i1D3,13D. The van der Waals surface area contributed by atoms with Crippen molar-refractivity contribution in [3.8, 4) is 11.3 Å². The number of nitrogens with zero attached hydrogens (tertiary/aromatic N) is 2. The first-order valence-electron chi connectivity index (χ1n) is 9.95. The molecule has 2 aromatic heterocycles. The van der Waals surface area contributed by atoms with E-state index in [9.17, 15) is 0 Å². The van der Waals surface area contributed by atoms with E-state index >= 15 is 0 Å². The van der Waals surface area contributed by atoms with E-state index in [-0.39, 0.29) is 16.8 Å². The van der Waals surface area contributed by atoms with E-state index in [0.717, 1.165) is 16.6 Å². The minimum atomic E-state index is -2.63. The van der Waals surface area contributed by atoms with Crippen molar-refractivity contribution in [3.63, 3.8) is 0 Å². The maximum atomic E-state index is 8.65. The Morgan fingerprint density at radius 1 is 1.20 bits per heavy atom. The Bertz CT molecular complexity index is 1280. The number of furan rings is 1. The lowest BCUT2D eigenvalue weighted by molar-refractivity contribution is 0.658.